The lowest BCUT2D eigenvalue weighted by atomic mass is 10.1. The second-order valence-corrected chi connectivity index (χ2v) is 9.06. The summed E-state index contributed by atoms with van der Waals surface area (Å²) in [6.45, 7) is 2.34. The Morgan fingerprint density at radius 1 is 0.970 bits per heavy atom. The molecule has 4 N–H and O–H groups in total. The molecule has 3 rings (SSSR count). The van der Waals surface area contributed by atoms with Crippen LogP contribution in [0.2, 0.25) is 5.02 Å². The van der Waals surface area contributed by atoms with Gasteiger partial charge >= 0.3 is 0 Å². The van der Waals surface area contributed by atoms with E-state index in [0.29, 0.717) is 29.3 Å². The molecule has 0 aliphatic heterocycles. The molecule has 172 valence electrons. The molecule has 8 nitrogen and oxygen atoms in total. The molecule has 3 aromatic carbocycles. The van der Waals surface area contributed by atoms with Gasteiger partial charge in [0.2, 0.25) is 5.91 Å². The maximum absolute atomic E-state index is 12.9. The molecule has 0 bridgehead atoms. The molecule has 0 saturated heterocycles. The van der Waals surface area contributed by atoms with Crippen molar-refractivity contribution in [2.45, 2.75) is 18.2 Å². The minimum atomic E-state index is -4.06. The quantitative estimate of drug-likeness (QED) is 0.422. The number of nitrogens with one attached hydrogen (secondary N) is 2. The number of primary amides is 1. The van der Waals surface area contributed by atoms with Gasteiger partial charge in [0.25, 0.3) is 15.9 Å². The molecule has 0 atom stereocenters. The summed E-state index contributed by atoms with van der Waals surface area (Å²) in [6.07, 6.45) is 0.0913. The van der Waals surface area contributed by atoms with E-state index in [4.69, 9.17) is 22.1 Å². The van der Waals surface area contributed by atoms with E-state index in [2.05, 4.69) is 10.0 Å². The Labute approximate surface area is 196 Å². The first-order valence-corrected chi connectivity index (χ1v) is 11.8. The van der Waals surface area contributed by atoms with Gasteiger partial charge in [0, 0.05) is 16.9 Å². The summed E-state index contributed by atoms with van der Waals surface area (Å²) in [4.78, 5) is 23.4. The van der Waals surface area contributed by atoms with Gasteiger partial charge in [-0.05, 0) is 67.1 Å². The van der Waals surface area contributed by atoms with Crippen molar-refractivity contribution in [3.05, 3.63) is 82.9 Å². The lowest BCUT2D eigenvalue weighted by Crippen LogP contribution is -2.16. The minimum absolute atomic E-state index is 0.0270. The Kier molecular flexibility index (Phi) is 7.57. The molecule has 0 saturated carbocycles. The highest BCUT2D eigenvalue weighted by atomic mass is 35.5. The second-order valence-electron chi connectivity index (χ2n) is 7.00. The maximum Gasteiger partial charge on any atom is 0.263 e. The van der Waals surface area contributed by atoms with Crippen LogP contribution in [0.1, 0.15) is 22.8 Å². The van der Waals surface area contributed by atoms with Crippen molar-refractivity contribution >= 4 is 44.8 Å². The van der Waals surface area contributed by atoms with E-state index in [0.717, 1.165) is 0 Å². The van der Waals surface area contributed by atoms with Crippen LogP contribution in [0.25, 0.3) is 0 Å². The number of halogens is 1. The number of carbonyl (C=O) groups excluding carboxylic acids is 2. The Morgan fingerprint density at radius 3 is 2.21 bits per heavy atom. The van der Waals surface area contributed by atoms with E-state index in [-0.39, 0.29) is 21.9 Å². The predicted molar refractivity (Wildman–Crippen MR) is 127 cm³/mol. The van der Waals surface area contributed by atoms with Gasteiger partial charge in [-0.3, -0.25) is 14.3 Å². The molecular weight excluding hydrogens is 466 g/mol. The highest BCUT2D eigenvalue weighted by Crippen LogP contribution is 2.26. The number of hydrogen-bond donors (Lipinski definition) is 3. The van der Waals surface area contributed by atoms with Gasteiger partial charge in [-0.25, -0.2) is 8.42 Å². The molecule has 3 aromatic rings. The highest BCUT2D eigenvalue weighted by molar-refractivity contribution is 7.92. The SMILES string of the molecule is CCOc1ccc(NS(=O)(=O)c2cc(C(=O)Nc3ccc(CC(N)=O)cc3)ccc2Cl)cc1. The lowest BCUT2D eigenvalue weighted by Gasteiger charge is -2.12. The summed E-state index contributed by atoms with van der Waals surface area (Å²) in [5.41, 5.74) is 6.77. The van der Waals surface area contributed by atoms with Gasteiger partial charge in [0.05, 0.1) is 18.1 Å². The molecule has 0 fully saturated rings. The van der Waals surface area contributed by atoms with Crippen LogP contribution in [0.5, 0.6) is 5.75 Å². The average molecular weight is 488 g/mol. The molecule has 33 heavy (non-hydrogen) atoms. The molecule has 0 radical (unpaired) electrons. The third-order valence-electron chi connectivity index (χ3n) is 4.49. The van der Waals surface area contributed by atoms with Crippen molar-refractivity contribution < 1.29 is 22.7 Å². The van der Waals surface area contributed by atoms with Gasteiger partial charge in [-0.15, -0.1) is 0 Å². The van der Waals surface area contributed by atoms with Crippen molar-refractivity contribution in [1.29, 1.82) is 0 Å². The van der Waals surface area contributed by atoms with Crippen LogP contribution in [-0.4, -0.2) is 26.8 Å². The minimum Gasteiger partial charge on any atom is -0.494 e. The van der Waals surface area contributed by atoms with E-state index < -0.39 is 21.8 Å². The zero-order chi connectivity index (χ0) is 24.0. The van der Waals surface area contributed by atoms with Crippen LogP contribution in [0.4, 0.5) is 11.4 Å². The number of sulfonamides is 1. The van der Waals surface area contributed by atoms with Gasteiger partial charge in [0.1, 0.15) is 10.6 Å². The Balaban J connectivity index is 1.77. The van der Waals surface area contributed by atoms with Crippen molar-refractivity contribution in [2.24, 2.45) is 5.73 Å². The van der Waals surface area contributed by atoms with E-state index in [1.54, 1.807) is 48.5 Å². The normalized spacial score (nSPS) is 11.0. The molecular formula is C23H22ClN3O5S. The third-order valence-corrected chi connectivity index (χ3v) is 6.35. The number of ether oxygens (including phenoxy) is 1. The molecule has 0 heterocycles. The van der Waals surface area contributed by atoms with Crippen molar-refractivity contribution in [3.63, 3.8) is 0 Å². The largest absolute Gasteiger partial charge is 0.494 e. The molecule has 0 unspecified atom stereocenters. The molecule has 0 aromatic heterocycles. The zero-order valence-corrected chi connectivity index (χ0v) is 19.2. The molecule has 2 amide bonds. The summed E-state index contributed by atoms with van der Waals surface area (Å²) in [5.74, 6) is -0.368. The van der Waals surface area contributed by atoms with Crippen LogP contribution in [0.15, 0.2) is 71.6 Å². The van der Waals surface area contributed by atoms with Gasteiger partial charge in [0.15, 0.2) is 0 Å². The van der Waals surface area contributed by atoms with Crippen LogP contribution in [0.3, 0.4) is 0 Å². The van der Waals surface area contributed by atoms with Crippen LogP contribution < -0.4 is 20.5 Å². The maximum atomic E-state index is 12.9. The fourth-order valence-corrected chi connectivity index (χ4v) is 4.54. The number of carbonyl (C=O) groups is 2. The van der Waals surface area contributed by atoms with Crippen LogP contribution in [-0.2, 0) is 21.2 Å². The van der Waals surface area contributed by atoms with Crippen LogP contribution in [0, 0.1) is 0 Å². The van der Waals surface area contributed by atoms with Crippen molar-refractivity contribution in [3.8, 4) is 5.75 Å². The van der Waals surface area contributed by atoms with Crippen LogP contribution >= 0.6 is 11.6 Å². The summed E-state index contributed by atoms with van der Waals surface area (Å²) in [5, 5.41) is 2.65. The zero-order valence-electron chi connectivity index (χ0n) is 17.7. The third kappa shape index (κ3) is 6.47. The lowest BCUT2D eigenvalue weighted by molar-refractivity contribution is -0.117. The monoisotopic (exact) mass is 487 g/mol. The topological polar surface area (TPSA) is 128 Å². The standard InChI is InChI=1S/C23H22ClN3O5S/c1-2-32-19-10-8-18(9-11-19)27-33(30,31)21-14-16(5-12-20(21)24)23(29)26-17-6-3-15(4-7-17)13-22(25)28/h3-12,14,27H,2,13H2,1H3,(H2,25,28)(H,26,29). The summed E-state index contributed by atoms with van der Waals surface area (Å²) in [6, 6.07) is 17.0. The van der Waals surface area contributed by atoms with Crippen molar-refractivity contribution in [2.75, 3.05) is 16.6 Å². The first-order valence-electron chi connectivity index (χ1n) is 9.92. The van der Waals surface area contributed by atoms with E-state index in [9.17, 15) is 18.0 Å². The fraction of sp³-hybridized carbons (Fsp3) is 0.130. The summed E-state index contributed by atoms with van der Waals surface area (Å²) < 4.78 is 33.6. The van der Waals surface area contributed by atoms with E-state index in [1.807, 2.05) is 6.92 Å². The summed E-state index contributed by atoms with van der Waals surface area (Å²) >= 11 is 6.13. The number of hydrogen-bond acceptors (Lipinski definition) is 5. The summed E-state index contributed by atoms with van der Waals surface area (Å²) in [7, 11) is -4.06. The Morgan fingerprint density at radius 2 is 1.61 bits per heavy atom. The average Bonchev–Trinajstić information content (AvgIpc) is 2.76. The number of nitrogens with two attached hydrogens (primary N) is 1. The van der Waals surface area contributed by atoms with Gasteiger partial charge in [-0.2, -0.15) is 0 Å². The molecule has 0 aliphatic carbocycles. The van der Waals surface area contributed by atoms with E-state index >= 15 is 0 Å². The first kappa shape index (κ1) is 24.1. The number of rotatable bonds is 9. The fourth-order valence-electron chi connectivity index (χ4n) is 2.96. The first-order chi connectivity index (χ1) is 15.7. The van der Waals surface area contributed by atoms with E-state index in [1.165, 1.54) is 18.2 Å². The van der Waals surface area contributed by atoms with Gasteiger partial charge < -0.3 is 15.8 Å². The molecule has 0 aliphatic rings. The number of anilines is 2. The Hall–Kier alpha value is -3.56. The molecule has 0 spiro atoms. The number of amides is 2. The Bertz CT molecular complexity index is 1260. The molecule has 10 heteroatoms. The second kappa shape index (κ2) is 10.4. The highest BCUT2D eigenvalue weighted by Gasteiger charge is 2.21. The predicted octanol–water partition coefficient (Wildman–Crippen LogP) is 3.82. The smallest absolute Gasteiger partial charge is 0.263 e. The van der Waals surface area contributed by atoms with Gasteiger partial charge in [-0.1, -0.05) is 23.7 Å². The van der Waals surface area contributed by atoms with Crippen molar-refractivity contribution in [1.82, 2.24) is 0 Å². The number of benzene rings is 3.